The zero-order valence-electron chi connectivity index (χ0n) is 14.8. The molecule has 6 nitrogen and oxygen atoms in total. The molecule has 6 heteroatoms. The second-order valence-electron chi connectivity index (χ2n) is 6.67. The number of aromatic nitrogens is 3. The Morgan fingerprint density at radius 2 is 2.04 bits per heavy atom. The highest BCUT2D eigenvalue weighted by Crippen LogP contribution is 2.29. The van der Waals surface area contributed by atoms with Crippen LogP contribution in [0, 0.1) is 6.92 Å². The van der Waals surface area contributed by atoms with Crippen LogP contribution in [0.15, 0.2) is 46.9 Å². The van der Waals surface area contributed by atoms with E-state index < -0.39 is 0 Å². The number of hydrogen-bond acceptors (Lipinski definition) is 4. The molecule has 1 N–H and O–H groups in total. The van der Waals surface area contributed by atoms with E-state index in [-0.39, 0.29) is 11.9 Å². The number of carbonyl (C=O) groups is 1. The summed E-state index contributed by atoms with van der Waals surface area (Å²) in [4.78, 5) is 12.9. The van der Waals surface area contributed by atoms with Crippen LogP contribution >= 0.6 is 0 Å². The topological polar surface area (TPSA) is 73.0 Å². The molecule has 1 aromatic carbocycles. The van der Waals surface area contributed by atoms with Crippen molar-refractivity contribution in [1.82, 2.24) is 20.1 Å². The molecule has 0 saturated carbocycles. The lowest BCUT2D eigenvalue weighted by Crippen LogP contribution is -2.32. The highest BCUT2D eigenvalue weighted by atomic mass is 16.3. The maximum absolute atomic E-state index is 12.9. The summed E-state index contributed by atoms with van der Waals surface area (Å²) in [6.45, 7) is 2.29. The lowest BCUT2D eigenvalue weighted by Gasteiger charge is -2.19. The van der Waals surface area contributed by atoms with Gasteiger partial charge in [0.05, 0.1) is 6.54 Å². The van der Waals surface area contributed by atoms with Crippen LogP contribution in [0.4, 0.5) is 0 Å². The van der Waals surface area contributed by atoms with Gasteiger partial charge in [-0.15, -0.1) is 10.2 Å². The summed E-state index contributed by atoms with van der Waals surface area (Å²) in [5.41, 5.74) is 0.979. The summed E-state index contributed by atoms with van der Waals surface area (Å²) in [5.74, 6) is 3.24. The van der Waals surface area contributed by atoms with Gasteiger partial charge in [0.25, 0.3) is 0 Å². The maximum Gasteiger partial charge on any atom is 0.243 e. The van der Waals surface area contributed by atoms with Crippen LogP contribution in [0.1, 0.15) is 42.6 Å². The molecule has 2 aromatic heterocycles. The Bertz CT molecular complexity index is 898. The summed E-state index contributed by atoms with van der Waals surface area (Å²) in [5, 5.41) is 11.8. The molecule has 0 saturated heterocycles. The number of amides is 1. The van der Waals surface area contributed by atoms with E-state index in [2.05, 4.69) is 15.5 Å². The highest BCUT2D eigenvalue weighted by Gasteiger charge is 2.29. The van der Waals surface area contributed by atoms with Crippen LogP contribution in [-0.2, 0) is 17.8 Å². The average molecular weight is 350 g/mol. The van der Waals surface area contributed by atoms with Gasteiger partial charge in [-0.05, 0) is 31.9 Å². The minimum Gasteiger partial charge on any atom is -0.465 e. The van der Waals surface area contributed by atoms with Crippen molar-refractivity contribution in [1.29, 1.82) is 0 Å². The van der Waals surface area contributed by atoms with Gasteiger partial charge >= 0.3 is 0 Å². The Hall–Kier alpha value is -2.89. The monoisotopic (exact) mass is 350 g/mol. The number of nitrogens with one attached hydrogen (secondary N) is 1. The standard InChI is InChI=1S/C20H22N4O2/c1-14-11-12-16(26-14)13-21-20(25)17-9-5-6-10-18-22-23-19(24(17)18)15-7-3-2-4-8-15/h2-4,7-8,11-12,17H,5-6,9-10,13H2,1H3,(H,21,25). The molecular formula is C20H22N4O2. The minimum absolute atomic E-state index is 0.0146. The third-order valence-corrected chi connectivity index (χ3v) is 4.77. The van der Waals surface area contributed by atoms with E-state index in [0.717, 1.165) is 54.4 Å². The first kappa shape index (κ1) is 16.6. The van der Waals surface area contributed by atoms with Crippen LogP contribution < -0.4 is 5.32 Å². The number of benzene rings is 1. The van der Waals surface area contributed by atoms with Crippen LogP contribution in [0.25, 0.3) is 11.4 Å². The van der Waals surface area contributed by atoms with Gasteiger partial charge in [0.15, 0.2) is 5.82 Å². The molecule has 26 heavy (non-hydrogen) atoms. The van der Waals surface area contributed by atoms with Gasteiger partial charge in [-0.1, -0.05) is 36.8 Å². The van der Waals surface area contributed by atoms with Crippen molar-refractivity contribution < 1.29 is 9.21 Å². The largest absolute Gasteiger partial charge is 0.465 e. The molecule has 1 atom stereocenters. The third kappa shape index (κ3) is 3.27. The number of hydrogen-bond donors (Lipinski definition) is 1. The Morgan fingerprint density at radius 1 is 1.19 bits per heavy atom. The Morgan fingerprint density at radius 3 is 2.81 bits per heavy atom. The van der Waals surface area contributed by atoms with Crippen molar-refractivity contribution in [3.05, 3.63) is 59.8 Å². The van der Waals surface area contributed by atoms with Gasteiger partial charge < -0.3 is 9.73 Å². The fourth-order valence-electron chi connectivity index (χ4n) is 3.48. The zero-order chi connectivity index (χ0) is 17.9. The summed E-state index contributed by atoms with van der Waals surface area (Å²) >= 11 is 0. The van der Waals surface area contributed by atoms with E-state index in [1.807, 2.05) is 54.0 Å². The second-order valence-corrected chi connectivity index (χ2v) is 6.67. The van der Waals surface area contributed by atoms with Crippen LogP contribution in [-0.4, -0.2) is 20.7 Å². The van der Waals surface area contributed by atoms with Crippen molar-refractivity contribution in [3.63, 3.8) is 0 Å². The molecule has 4 rings (SSSR count). The summed E-state index contributed by atoms with van der Waals surface area (Å²) in [6, 6.07) is 13.4. The van der Waals surface area contributed by atoms with Crippen molar-refractivity contribution in [2.75, 3.05) is 0 Å². The quantitative estimate of drug-likeness (QED) is 0.782. The summed E-state index contributed by atoms with van der Waals surface area (Å²) in [7, 11) is 0. The van der Waals surface area contributed by atoms with Crippen LogP contribution in [0.3, 0.4) is 0 Å². The number of furan rings is 1. The molecule has 1 aliphatic heterocycles. The van der Waals surface area contributed by atoms with E-state index >= 15 is 0 Å². The second kappa shape index (κ2) is 7.15. The number of fused-ring (bicyclic) bond motifs is 1. The van der Waals surface area contributed by atoms with E-state index in [1.54, 1.807) is 0 Å². The number of nitrogens with zero attached hydrogens (tertiary/aromatic N) is 3. The van der Waals surface area contributed by atoms with Crippen LogP contribution in [0.5, 0.6) is 0 Å². The number of aryl methyl sites for hydroxylation is 2. The smallest absolute Gasteiger partial charge is 0.243 e. The van der Waals surface area contributed by atoms with E-state index in [0.29, 0.717) is 6.54 Å². The predicted molar refractivity (Wildman–Crippen MR) is 97.3 cm³/mol. The molecule has 0 fully saturated rings. The highest BCUT2D eigenvalue weighted by molar-refractivity contribution is 5.81. The van der Waals surface area contributed by atoms with E-state index in [1.165, 1.54) is 0 Å². The lowest BCUT2D eigenvalue weighted by molar-refractivity contribution is -0.124. The summed E-state index contributed by atoms with van der Waals surface area (Å²) < 4.78 is 7.57. The summed E-state index contributed by atoms with van der Waals surface area (Å²) in [6.07, 6.45) is 3.65. The van der Waals surface area contributed by atoms with Gasteiger partial charge in [-0.3, -0.25) is 9.36 Å². The fourth-order valence-corrected chi connectivity index (χ4v) is 3.48. The number of rotatable bonds is 4. The minimum atomic E-state index is -0.297. The van der Waals surface area contributed by atoms with E-state index in [4.69, 9.17) is 4.42 Å². The molecule has 1 amide bonds. The van der Waals surface area contributed by atoms with Crippen molar-refractivity contribution in [2.24, 2.45) is 0 Å². The molecule has 0 bridgehead atoms. The fraction of sp³-hybridized carbons (Fsp3) is 0.350. The molecule has 3 heterocycles. The van der Waals surface area contributed by atoms with Crippen LogP contribution in [0.2, 0.25) is 0 Å². The van der Waals surface area contributed by atoms with E-state index in [9.17, 15) is 4.79 Å². The SMILES string of the molecule is Cc1ccc(CNC(=O)C2CCCCc3nnc(-c4ccccc4)n32)o1. The Labute approximate surface area is 152 Å². The predicted octanol–water partition coefficient (Wildman–Crippen LogP) is 3.43. The molecule has 1 unspecified atom stereocenters. The van der Waals surface area contributed by atoms with Crippen molar-refractivity contribution in [3.8, 4) is 11.4 Å². The van der Waals surface area contributed by atoms with Crippen molar-refractivity contribution in [2.45, 2.75) is 45.2 Å². The molecule has 1 aliphatic rings. The lowest BCUT2D eigenvalue weighted by atomic mass is 10.1. The normalized spacial score (nSPS) is 16.7. The average Bonchev–Trinajstić information content (AvgIpc) is 3.21. The first-order chi connectivity index (χ1) is 12.7. The molecular weight excluding hydrogens is 328 g/mol. The molecule has 134 valence electrons. The Balaban J connectivity index is 1.61. The zero-order valence-corrected chi connectivity index (χ0v) is 14.8. The van der Waals surface area contributed by atoms with Crippen molar-refractivity contribution >= 4 is 5.91 Å². The maximum atomic E-state index is 12.9. The first-order valence-electron chi connectivity index (χ1n) is 9.04. The third-order valence-electron chi connectivity index (χ3n) is 4.77. The molecule has 3 aromatic rings. The molecule has 0 radical (unpaired) electrons. The molecule has 0 spiro atoms. The Kier molecular flexibility index (Phi) is 4.56. The van der Waals surface area contributed by atoms with Gasteiger partial charge in [0, 0.05) is 12.0 Å². The molecule has 0 aliphatic carbocycles. The van der Waals surface area contributed by atoms with Gasteiger partial charge in [0.1, 0.15) is 23.4 Å². The van der Waals surface area contributed by atoms with Gasteiger partial charge in [-0.2, -0.15) is 0 Å². The first-order valence-corrected chi connectivity index (χ1v) is 9.04. The number of carbonyl (C=O) groups excluding carboxylic acids is 1. The van der Waals surface area contributed by atoms with Gasteiger partial charge in [-0.25, -0.2) is 0 Å². The van der Waals surface area contributed by atoms with Gasteiger partial charge in [0.2, 0.25) is 5.91 Å².